The molecule has 1 unspecified atom stereocenters. The first-order valence-electron chi connectivity index (χ1n) is 9.76. The third kappa shape index (κ3) is 5.29. The van der Waals surface area contributed by atoms with Crippen LogP contribution in [0.5, 0.6) is 17.2 Å². The molecule has 0 aliphatic heterocycles. The molecule has 2 aromatic rings. The lowest BCUT2D eigenvalue weighted by Gasteiger charge is -2.35. The largest absolute Gasteiger partial charge is 0.497 e. The predicted molar refractivity (Wildman–Crippen MR) is 122 cm³/mol. The Hall–Kier alpha value is -2.10. The van der Waals surface area contributed by atoms with Gasteiger partial charge in [0, 0.05) is 37.2 Å². The van der Waals surface area contributed by atoms with E-state index in [1.54, 1.807) is 28.4 Å². The lowest BCUT2D eigenvalue weighted by atomic mass is 9.91. The number of hydrogen-bond donors (Lipinski definition) is 0. The first-order valence-corrected chi connectivity index (χ1v) is 10.8. The van der Waals surface area contributed by atoms with Crippen LogP contribution >= 0.6 is 8.58 Å². The maximum absolute atomic E-state index is 6.01. The maximum atomic E-state index is 6.01. The molecule has 5 nitrogen and oxygen atoms in total. The van der Waals surface area contributed by atoms with E-state index in [9.17, 15) is 0 Å². The molecular weight excluding hydrogens is 385 g/mol. The van der Waals surface area contributed by atoms with Crippen molar-refractivity contribution in [1.29, 1.82) is 0 Å². The van der Waals surface area contributed by atoms with E-state index >= 15 is 0 Å². The van der Waals surface area contributed by atoms with Crippen molar-refractivity contribution in [2.24, 2.45) is 4.99 Å². The molecule has 0 saturated carbocycles. The van der Waals surface area contributed by atoms with Gasteiger partial charge in [-0.15, -0.1) is 0 Å². The molecule has 0 aliphatic rings. The van der Waals surface area contributed by atoms with Crippen molar-refractivity contribution < 1.29 is 18.9 Å². The monoisotopic (exact) mass is 417 g/mol. The minimum atomic E-state index is -0.136. The summed E-state index contributed by atoms with van der Waals surface area (Å²) in [7, 11) is 7.26. The average molecular weight is 417 g/mol. The van der Waals surface area contributed by atoms with Crippen LogP contribution in [0.25, 0.3) is 0 Å². The summed E-state index contributed by atoms with van der Waals surface area (Å²) in [6.45, 7) is 4.60. The highest BCUT2D eigenvalue weighted by molar-refractivity contribution is 7.48. The molecule has 0 saturated heterocycles. The van der Waals surface area contributed by atoms with E-state index in [2.05, 4.69) is 43.1 Å². The molecular formula is C23H32NO4P. The van der Waals surface area contributed by atoms with Gasteiger partial charge in [0.25, 0.3) is 0 Å². The van der Waals surface area contributed by atoms with Gasteiger partial charge >= 0.3 is 0 Å². The second kappa shape index (κ2) is 11.2. The Bertz CT molecular complexity index is 819. The highest BCUT2D eigenvalue weighted by Gasteiger charge is 2.35. The zero-order chi connectivity index (χ0) is 21.3. The smallest absolute Gasteiger partial charge is 0.188 e. The molecule has 0 spiro atoms. The zero-order valence-corrected chi connectivity index (χ0v) is 19.2. The van der Waals surface area contributed by atoms with Gasteiger partial charge in [-0.25, -0.2) is 0 Å². The maximum Gasteiger partial charge on any atom is 0.188 e. The Morgan fingerprint density at radius 3 is 2.34 bits per heavy atom. The summed E-state index contributed by atoms with van der Waals surface area (Å²) >= 11 is 0. The van der Waals surface area contributed by atoms with Crippen LogP contribution in [0.4, 0.5) is 0 Å². The van der Waals surface area contributed by atoms with Gasteiger partial charge in [0.1, 0.15) is 5.75 Å². The van der Waals surface area contributed by atoms with Crippen LogP contribution in [0, 0.1) is 0 Å². The Morgan fingerprint density at radius 2 is 1.76 bits per heavy atom. The molecule has 0 radical (unpaired) electrons. The fraction of sp³-hybridized carbons (Fsp3) is 0.435. The molecule has 0 aliphatic carbocycles. The topological polar surface area (TPSA) is 49.3 Å². The standard InChI is InChI=1S/C23H32NO4P/c1-7-23(8-2,29-21-12-10-9-11-17(21)15-24-3)19-13-18(26-5)14-20(27-6)22(19)28-16-25-4/h9-15,29H,7-8,16H2,1-6H3/b24-15+. The van der Waals surface area contributed by atoms with Crippen LogP contribution in [0.3, 0.4) is 0 Å². The number of ether oxygens (including phenoxy) is 4. The van der Waals surface area contributed by atoms with E-state index in [1.807, 2.05) is 18.3 Å². The second-order valence-electron chi connectivity index (χ2n) is 6.65. The molecule has 158 valence electrons. The van der Waals surface area contributed by atoms with E-state index in [-0.39, 0.29) is 11.9 Å². The Kier molecular flexibility index (Phi) is 8.94. The second-order valence-corrected chi connectivity index (χ2v) is 8.39. The number of rotatable bonds is 11. The van der Waals surface area contributed by atoms with Crippen molar-refractivity contribution in [3.05, 3.63) is 47.5 Å². The molecule has 0 aromatic heterocycles. The van der Waals surface area contributed by atoms with E-state index in [0.717, 1.165) is 29.7 Å². The highest BCUT2D eigenvalue weighted by atomic mass is 31.1. The molecule has 29 heavy (non-hydrogen) atoms. The summed E-state index contributed by atoms with van der Waals surface area (Å²) < 4.78 is 22.4. The highest BCUT2D eigenvalue weighted by Crippen LogP contribution is 2.53. The number of benzene rings is 2. The van der Waals surface area contributed by atoms with Crippen molar-refractivity contribution in [2.45, 2.75) is 31.8 Å². The molecule has 0 fully saturated rings. The van der Waals surface area contributed by atoms with Crippen molar-refractivity contribution in [2.75, 3.05) is 35.2 Å². The van der Waals surface area contributed by atoms with Gasteiger partial charge in [0.2, 0.25) is 0 Å². The van der Waals surface area contributed by atoms with Crippen molar-refractivity contribution >= 4 is 20.1 Å². The number of nitrogens with zero attached hydrogens (tertiary/aromatic N) is 1. The fourth-order valence-electron chi connectivity index (χ4n) is 3.46. The van der Waals surface area contributed by atoms with Gasteiger partial charge in [0.05, 0.1) is 14.2 Å². The summed E-state index contributed by atoms with van der Waals surface area (Å²) in [5.41, 5.74) is 2.23. The van der Waals surface area contributed by atoms with E-state index in [0.29, 0.717) is 20.1 Å². The first-order chi connectivity index (χ1) is 14.1. The Morgan fingerprint density at radius 1 is 1.03 bits per heavy atom. The summed E-state index contributed by atoms with van der Waals surface area (Å²) in [6, 6.07) is 12.4. The van der Waals surface area contributed by atoms with Gasteiger partial charge in [-0.3, -0.25) is 4.99 Å². The molecule has 2 aromatic carbocycles. The average Bonchev–Trinajstić information content (AvgIpc) is 2.77. The molecule has 0 bridgehead atoms. The molecule has 0 N–H and O–H groups in total. The summed E-state index contributed by atoms with van der Waals surface area (Å²) in [6.07, 6.45) is 3.81. The Balaban J connectivity index is 2.67. The molecule has 1 atom stereocenters. The van der Waals surface area contributed by atoms with Crippen molar-refractivity contribution in [1.82, 2.24) is 0 Å². The van der Waals surface area contributed by atoms with Gasteiger partial charge < -0.3 is 18.9 Å². The van der Waals surface area contributed by atoms with Gasteiger partial charge in [-0.1, -0.05) is 46.7 Å². The van der Waals surface area contributed by atoms with Crippen LogP contribution < -0.4 is 19.5 Å². The summed E-state index contributed by atoms with van der Waals surface area (Å²) in [5.74, 6) is 2.12. The quantitative estimate of drug-likeness (QED) is 0.301. The minimum absolute atomic E-state index is 0.136. The third-order valence-corrected chi connectivity index (χ3v) is 7.31. The van der Waals surface area contributed by atoms with Crippen LogP contribution in [0.2, 0.25) is 0 Å². The van der Waals surface area contributed by atoms with E-state index in [1.165, 1.54) is 5.30 Å². The third-order valence-electron chi connectivity index (χ3n) is 5.13. The van der Waals surface area contributed by atoms with Crippen molar-refractivity contribution in [3.63, 3.8) is 0 Å². The first kappa shape index (κ1) is 23.2. The van der Waals surface area contributed by atoms with Gasteiger partial charge in [-0.05, 0) is 29.8 Å². The van der Waals surface area contributed by atoms with Crippen molar-refractivity contribution in [3.8, 4) is 17.2 Å². The zero-order valence-electron chi connectivity index (χ0n) is 18.2. The normalized spacial score (nSPS) is 12.1. The van der Waals surface area contributed by atoms with Gasteiger partial charge in [-0.2, -0.15) is 0 Å². The van der Waals surface area contributed by atoms with E-state index in [4.69, 9.17) is 18.9 Å². The van der Waals surface area contributed by atoms with E-state index < -0.39 is 0 Å². The molecule has 0 heterocycles. The Labute approximate surface area is 176 Å². The van der Waals surface area contributed by atoms with Crippen LogP contribution in [0.1, 0.15) is 37.8 Å². The fourth-order valence-corrected chi connectivity index (χ4v) is 5.13. The van der Waals surface area contributed by atoms with Crippen LogP contribution in [-0.4, -0.2) is 41.4 Å². The van der Waals surface area contributed by atoms with Crippen LogP contribution in [-0.2, 0) is 9.89 Å². The number of aliphatic imine (C=N–C) groups is 1. The summed E-state index contributed by atoms with van der Waals surface area (Å²) in [5, 5.41) is 1.14. The predicted octanol–water partition coefficient (Wildman–Crippen LogP) is 4.75. The molecule has 2 rings (SSSR count). The lowest BCUT2D eigenvalue weighted by molar-refractivity contribution is 0.0478. The molecule has 0 amide bonds. The lowest BCUT2D eigenvalue weighted by Crippen LogP contribution is -2.24. The number of methoxy groups -OCH3 is 3. The molecule has 6 heteroatoms. The SMILES string of the molecule is CCC(CC)(Pc1ccccc1/C=N/C)c1cc(OC)cc(OC)c1OCOC. The van der Waals surface area contributed by atoms with Gasteiger partial charge in [0.15, 0.2) is 18.3 Å². The number of hydrogen-bond acceptors (Lipinski definition) is 5. The van der Waals surface area contributed by atoms with Crippen LogP contribution in [0.15, 0.2) is 41.4 Å². The summed E-state index contributed by atoms with van der Waals surface area (Å²) in [4.78, 5) is 4.23. The minimum Gasteiger partial charge on any atom is -0.497 e.